The number of sulfone groups is 1. The van der Waals surface area contributed by atoms with Gasteiger partial charge in [0.1, 0.15) is 15.5 Å². The van der Waals surface area contributed by atoms with Crippen molar-refractivity contribution in [2.45, 2.75) is 19.8 Å². The smallest absolute Gasteiger partial charge is 0.181 e. The van der Waals surface area contributed by atoms with Gasteiger partial charge < -0.3 is 0 Å². The van der Waals surface area contributed by atoms with Gasteiger partial charge in [0.25, 0.3) is 0 Å². The van der Waals surface area contributed by atoms with Gasteiger partial charge in [-0.3, -0.25) is 9.48 Å². The molecule has 0 aliphatic rings. The zero-order chi connectivity index (χ0) is 12.3. The van der Waals surface area contributed by atoms with Crippen molar-refractivity contribution < 1.29 is 13.2 Å². The van der Waals surface area contributed by atoms with Crippen LogP contribution in [0, 0.1) is 0 Å². The molecule has 1 heterocycles. The van der Waals surface area contributed by atoms with Crippen LogP contribution in [0.25, 0.3) is 0 Å². The third kappa shape index (κ3) is 3.44. The Labute approximate surface area is 95.4 Å². The van der Waals surface area contributed by atoms with E-state index in [0.29, 0.717) is 5.69 Å². The van der Waals surface area contributed by atoms with Crippen LogP contribution in [0.2, 0.25) is 0 Å². The molecule has 0 bridgehead atoms. The van der Waals surface area contributed by atoms with E-state index in [1.165, 1.54) is 4.68 Å². The molecule has 0 fully saturated rings. The maximum Gasteiger partial charge on any atom is 0.181 e. The van der Waals surface area contributed by atoms with E-state index >= 15 is 0 Å². The van der Waals surface area contributed by atoms with E-state index < -0.39 is 9.84 Å². The largest absolute Gasteiger partial charge is 0.292 e. The molecule has 1 aromatic heterocycles. The second-order valence-electron chi connectivity index (χ2n) is 3.80. The number of aromatic nitrogens is 2. The van der Waals surface area contributed by atoms with Gasteiger partial charge in [-0.25, -0.2) is 8.42 Å². The zero-order valence-electron chi connectivity index (χ0n) is 9.73. The highest BCUT2D eigenvalue weighted by Crippen LogP contribution is 2.07. The lowest BCUT2D eigenvalue weighted by Gasteiger charge is -1.99. The summed E-state index contributed by atoms with van der Waals surface area (Å²) < 4.78 is 23.4. The van der Waals surface area contributed by atoms with Crippen LogP contribution in [-0.4, -0.2) is 36.0 Å². The van der Waals surface area contributed by atoms with Crippen molar-refractivity contribution in [3.8, 4) is 0 Å². The maximum absolute atomic E-state index is 11.7. The van der Waals surface area contributed by atoms with Gasteiger partial charge in [0.05, 0.1) is 11.4 Å². The summed E-state index contributed by atoms with van der Waals surface area (Å²) >= 11 is 0. The van der Waals surface area contributed by atoms with Crippen LogP contribution < -0.4 is 0 Å². The Bertz CT molecular complexity index is 488. The van der Waals surface area contributed by atoms with Crippen molar-refractivity contribution >= 4 is 15.6 Å². The summed E-state index contributed by atoms with van der Waals surface area (Å²) in [7, 11) is -1.40. The average molecular weight is 244 g/mol. The van der Waals surface area contributed by atoms with Gasteiger partial charge in [0.2, 0.25) is 0 Å². The van der Waals surface area contributed by atoms with Gasteiger partial charge >= 0.3 is 0 Å². The normalized spacial score (nSPS) is 11.7. The molecule has 0 saturated carbocycles. The Morgan fingerprint density at radius 1 is 1.50 bits per heavy atom. The number of ketones is 1. The second-order valence-corrected chi connectivity index (χ2v) is 6.06. The Balaban J connectivity index is 2.77. The molecule has 90 valence electrons. The van der Waals surface area contributed by atoms with Gasteiger partial charge in [-0.1, -0.05) is 6.92 Å². The molecule has 0 aromatic carbocycles. The highest BCUT2D eigenvalue weighted by molar-refractivity contribution is 7.90. The molecule has 0 spiro atoms. The number of carbonyl (C=O) groups is 1. The molecule has 0 amide bonds. The van der Waals surface area contributed by atoms with Crippen LogP contribution in [0.4, 0.5) is 0 Å². The van der Waals surface area contributed by atoms with Crippen LogP contribution in [-0.2, 0) is 23.3 Å². The third-order valence-electron chi connectivity index (χ3n) is 2.28. The molecule has 1 aromatic rings. The fourth-order valence-corrected chi connectivity index (χ4v) is 1.92. The van der Waals surface area contributed by atoms with Crippen molar-refractivity contribution in [2.75, 3.05) is 12.0 Å². The highest BCUT2D eigenvalue weighted by Gasteiger charge is 2.14. The van der Waals surface area contributed by atoms with Crippen molar-refractivity contribution in [1.82, 2.24) is 9.78 Å². The third-order valence-corrected chi connectivity index (χ3v) is 3.22. The summed E-state index contributed by atoms with van der Waals surface area (Å²) in [5.74, 6) is -0.293. The molecule has 0 N–H and O–H groups in total. The molecular weight excluding hydrogens is 228 g/mol. The summed E-state index contributed by atoms with van der Waals surface area (Å²) in [6.07, 6.45) is 1.90. The lowest BCUT2D eigenvalue weighted by Crippen LogP contribution is -2.12. The van der Waals surface area contributed by atoms with Crippen molar-refractivity contribution in [2.24, 2.45) is 7.05 Å². The minimum absolute atomic E-state index is 0.0154. The average Bonchev–Trinajstić information content (AvgIpc) is 2.55. The first-order chi connectivity index (χ1) is 7.33. The lowest BCUT2D eigenvalue weighted by atomic mass is 10.2. The van der Waals surface area contributed by atoms with Crippen LogP contribution in [0.5, 0.6) is 0 Å². The van der Waals surface area contributed by atoms with Crippen molar-refractivity contribution in [1.29, 1.82) is 0 Å². The van der Waals surface area contributed by atoms with E-state index in [9.17, 15) is 13.2 Å². The predicted molar refractivity (Wildman–Crippen MR) is 61.2 cm³/mol. The molecule has 5 nitrogen and oxygen atoms in total. The molecule has 0 atom stereocenters. The second kappa shape index (κ2) is 4.78. The van der Waals surface area contributed by atoms with Crippen LogP contribution >= 0.6 is 0 Å². The van der Waals surface area contributed by atoms with Crippen molar-refractivity contribution in [3.05, 3.63) is 17.5 Å². The molecule has 0 saturated heterocycles. The van der Waals surface area contributed by atoms with Gasteiger partial charge in [-0.2, -0.15) is 5.10 Å². The minimum atomic E-state index is -3.09. The molecule has 1 rings (SSSR count). The Morgan fingerprint density at radius 2 is 2.12 bits per heavy atom. The van der Waals surface area contributed by atoms with E-state index in [2.05, 4.69) is 5.10 Å². The Morgan fingerprint density at radius 3 is 2.56 bits per heavy atom. The van der Waals surface area contributed by atoms with Crippen molar-refractivity contribution in [3.63, 3.8) is 0 Å². The monoisotopic (exact) mass is 244 g/mol. The molecule has 0 aliphatic heterocycles. The first kappa shape index (κ1) is 12.9. The topological polar surface area (TPSA) is 69.0 Å². The summed E-state index contributed by atoms with van der Waals surface area (Å²) in [5, 5.41) is 4.14. The summed E-state index contributed by atoms with van der Waals surface area (Å²) in [6.45, 7) is 1.95. The van der Waals surface area contributed by atoms with Crippen LogP contribution in [0.1, 0.15) is 29.5 Å². The zero-order valence-corrected chi connectivity index (χ0v) is 10.5. The number of nitrogens with zero attached hydrogens (tertiary/aromatic N) is 2. The van der Waals surface area contributed by atoms with Crippen LogP contribution in [0.3, 0.4) is 0 Å². The quantitative estimate of drug-likeness (QED) is 0.711. The Kier molecular flexibility index (Phi) is 3.85. The molecule has 6 heteroatoms. The standard InChI is InChI=1S/C10H16N2O3S/c1-4-8-7-9(12(2)11-8)10(13)5-6-16(3,14)15/h7H,4-6H2,1-3H3. The van der Waals surface area contributed by atoms with E-state index in [0.717, 1.165) is 18.4 Å². The number of aryl methyl sites for hydroxylation is 2. The van der Waals surface area contributed by atoms with Gasteiger partial charge in [-0.15, -0.1) is 0 Å². The lowest BCUT2D eigenvalue weighted by molar-refractivity contribution is 0.0980. The van der Waals surface area contributed by atoms with E-state index in [1.54, 1.807) is 13.1 Å². The number of hydrogen-bond donors (Lipinski definition) is 0. The molecule has 0 radical (unpaired) electrons. The number of hydrogen-bond acceptors (Lipinski definition) is 4. The number of rotatable bonds is 5. The van der Waals surface area contributed by atoms with Gasteiger partial charge in [-0.05, 0) is 12.5 Å². The van der Waals surface area contributed by atoms with Gasteiger partial charge in [0, 0.05) is 19.7 Å². The van der Waals surface area contributed by atoms with E-state index in [-0.39, 0.29) is 18.0 Å². The molecular formula is C10H16N2O3S. The van der Waals surface area contributed by atoms with Gasteiger partial charge in [0.15, 0.2) is 5.78 Å². The fourth-order valence-electron chi connectivity index (χ4n) is 1.37. The molecule has 0 aliphatic carbocycles. The van der Waals surface area contributed by atoms with E-state index in [1.807, 2.05) is 6.92 Å². The molecule has 16 heavy (non-hydrogen) atoms. The first-order valence-corrected chi connectivity index (χ1v) is 7.13. The maximum atomic E-state index is 11.7. The number of Topliss-reactive ketones (excluding diaryl/α,β-unsaturated/α-hetero) is 1. The SMILES string of the molecule is CCc1cc(C(=O)CCS(C)(=O)=O)n(C)n1. The summed E-state index contributed by atoms with van der Waals surface area (Å²) in [4.78, 5) is 11.7. The fraction of sp³-hybridized carbons (Fsp3) is 0.600. The highest BCUT2D eigenvalue weighted by atomic mass is 32.2. The number of carbonyl (C=O) groups excluding carboxylic acids is 1. The first-order valence-electron chi connectivity index (χ1n) is 5.07. The summed E-state index contributed by atoms with van der Waals surface area (Å²) in [5.41, 5.74) is 1.31. The van der Waals surface area contributed by atoms with E-state index in [4.69, 9.17) is 0 Å². The van der Waals surface area contributed by atoms with Crippen LogP contribution in [0.15, 0.2) is 6.07 Å². The minimum Gasteiger partial charge on any atom is -0.292 e. The molecule has 0 unspecified atom stereocenters. The Hall–Kier alpha value is -1.17. The predicted octanol–water partition coefficient (Wildman–Crippen LogP) is 0.600. The summed E-state index contributed by atoms with van der Waals surface area (Å²) in [6, 6.07) is 1.71.